The third-order valence-corrected chi connectivity index (χ3v) is 1.88. The average molecular weight is 264 g/mol. The van der Waals surface area contributed by atoms with Gasteiger partial charge in [0.05, 0.1) is 0 Å². The summed E-state index contributed by atoms with van der Waals surface area (Å²) >= 11 is 0. The Balaban J connectivity index is 4.45. The molecule has 0 radical (unpaired) electrons. The quantitative estimate of drug-likeness (QED) is 0.523. The Morgan fingerprint density at radius 3 is 2.33 bits per heavy atom. The first-order chi connectivity index (χ1) is 8.17. The molecular weight excluding hydrogens is 246 g/mol. The fourth-order valence-corrected chi connectivity index (χ4v) is 1.01. The third-order valence-electron chi connectivity index (χ3n) is 1.88. The largest absolute Gasteiger partial charge is 0.457 e. The number of rotatable bonds is 7. The predicted molar refractivity (Wildman–Crippen MR) is 61.2 cm³/mol. The van der Waals surface area contributed by atoms with Gasteiger partial charge in [0, 0.05) is 12.5 Å². The number of alkyl halides is 2. The number of halogens is 2. The number of carbonyl (C=O) groups is 2. The van der Waals surface area contributed by atoms with Crippen molar-refractivity contribution in [2.75, 3.05) is 6.61 Å². The predicted octanol–water partition coefficient (Wildman–Crippen LogP) is 2.47. The zero-order valence-electron chi connectivity index (χ0n) is 10.8. The van der Waals surface area contributed by atoms with E-state index in [-0.39, 0.29) is 12.0 Å². The summed E-state index contributed by atoms with van der Waals surface area (Å²) in [6.07, 6.45) is -0.402. The van der Waals surface area contributed by atoms with Crippen LogP contribution in [0.5, 0.6) is 0 Å². The van der Waals surface area contributed by atoms with Crippen LogP contribution in [0, 0.1) is 0 Å². The molecule has 0 spiro atoms. The third kappa shape index (κ3) is 6.98. The topological polar surface area (TPSA) is 52.6 Å². The normalized spacial score (nSPS) is 12.7. The molecule has 1 unspecified atom stereocenters. The van der Waals surface area contributed by atoms with E-state index in [0.29, 0.717) is 13.3 Å². The zero-order chi connectivity index (χ0) is 14.3. The molecule has 0 bridgehead atoms. The molecule has 4 nitrogen and oxygen atoms in total. The van der Waals surface area contributed by atoms with Gasteiger partial charge in [0.1, 0.15) is 0 Å². The van der Waals surface area contributed by atoms with Crippen molar-refractivity contribution >= 4 is 11.9 Å². The van der Waals surface area contributed by atoms with Crippen LogP contribution in [0.25, 0.3) is 0 Å². The minimum atomic E-state index is -3.11. The van der Waals surface area contributed by atoms with Crippen molar-refractivity contribution < 1.29 is 27.8 Å². The number of hydrogen-bond donors (Lipinski definition) is 0. The van der Waals surface area contributed by atoms with Gasteiger partial charge in [-0.2, -0.15) is 0 Å². The molecule has 6 heteroatoms. The lowest BCUT2D eigenvalue weighted by atomic mass is 10.2. The van der Waals surface area contributed by atoms with Crippen molar-refractivity contribution in [1.29, 1.82) is 0 Å². The minimum absolute atomic E-state index is 0.129. The number of esters is 2. The van der Waals surface area contributed by atoms with Crippen LogP contribution >= 0.6 is 0 Å². The summed E-state index contributed by atoms with van der Waals surface area (Å²) in [6, 6.07) is 0. The molecule has 0 amide bonds. The highest BCUT2D eigenvalue weighted by molar-refractivity contribution is 5.89. The van der Waals surface area contributed by atoms with E-state index in [9.17, 15) is 18.4 Å². The van der Waals surface area contributed by atoms with Gasteiger partial charge in [-0.15, -0.1) is 0 Å². The summed E-state index contributed by atoms with van der Waals surface area (Å²) < 4.78 is 34.3. The molecule has 0 saturated carbocycles. The Labute approximate surface area is 105 Å². The Morgan fingerprint density at radius 2 is 1.94 bits per heavy atom. The molecular formula is C12H18F2O4. The molecule has 104 valence electrons. The first kappa shape index (κ1) is 16.5. The lowest BCUT2D eigenvalue weighted by Crippen LogP contribution is -2.32. The highest BCUT2D eigenvalue weighted by atomic mass is 19.3. The zero-order valence-corrected chi connectivity index (χ0v) is 10.8. The lowest BCUT2D eigenvalue weighted by Gasteiger charge is -2.17. The molecule has 0 N–H and O–H groups in total. The maximum atomic E-state index is 12.5. The molecule has 0 heterocycles. The highest BCUT2D eigenvalue weighted by Gasteiger charge is 2.28. The van der Waals surface area contributed by atoms with Crippen molar-refractivity contribution in [2.24, 2.45) is 0 Å². The van der Waals surface area contributed by atoms with Gasteiger partial charge in [0.15, 0.2) is 12.7 Å². The Bertz CT molecular complexity index is 321. The molecule has 0 rings (SSSR count). The average Bonchev–Trinajstić information content (AvgIpc) is 2.23. The van der Waals surface area contributed by atoms with Crippen LogP contribution in [0.3, 0.4) is 0 Å². The van der Waals surface area contributed by atoms with Gasteiger partial charge in [-0.05, 0) is 13.3 Å². The van der Waals surface area contributed by atoms with Crippen LogP contribution in [0.1, 0.15) is 33.6 Å². The van der Waals surface area contributed by atoms with Crippen molar-refractivity contribution in [3.05, 3.63) is 12.2 Å². The van der Waals surface area contributed by atoms with E-state index in [1.165, 1.54) is 6.92 Å². The molecule has 1 atom stereocenters. The van der Waals surface area contributed by atoms with E-state index in [1.807, 2.05) is 0 Å². The van der Waals surface area contributed by atoms with Crippen LogP contribution in [0.4, 0.5) is 8.78 Å². The molecule has 0 aliphatic heterocycles. The molecule has 0 aromatic rings. The smallest absolute Gasteiger partial charge is 0.347 e. The summed E-state index contributed by atoms with van der Waals surface area (Å²) in [5.41, 5.74) is 0.129. The summed E-state index contributed by atoms with van der Waals surface area (Å²) in [7, 11) is 0. The lowest BCUT2D eigenvalue weighted by molar-refractivity contribution is -0.172. The van der Waals surface area contributed by atoms with E-state index in [0.717, 1.165) is 0 Å². The van der Waals surface area contributed by atoms with Crippen molar-refractivity contribution in [3.63, 3.8) is 0 Å². The number of hydrogen-bond acceptors (Lipinski definition) is 4. The van der Waals surface area contributed by atoms with Crippen molar-refractivity contribution in [3.8, 4) is 0 Å². The van der Waals surface area contributed by atoms with Gasteiger partial charge in [-0.1, -0.05) is 19.9 Å². The van der Waals surface area contributed by atoms with Gasteiger partial charge >= 0.3 is 11.9 Å². The van der Waals surface area contributed by atoms with E-state index < -0.39 is 30.6 Å². The fourth-order valence-electron chi connectivity index (χ4n) is 1.01. The van der Waals surface area contributed by atoms with Crippen LogP contribution in [0.15, 0.2) is 12.2 Å². The summed E-state index contributed by atoms with van der Waals surface area (Å²) in [4.78, 5) is 22.7. The molecule has 18 heavy (non-hydrogen) atoms. The van der Waals surface area contributed by atoms with E-state index in [2.05, 4.69) is 11.3 Å². The summed E-state index contributed by atoms with van der Waals surface area (Å²) in [5, 5.41) is 0. The van der Waals surface area contributed by atoms with Gasteiger partial charge in [-0.3, -0.25) is 0 Å². The highest BCUT2D eigenvalue weighted by Crippen LogP contribution is 2.14. The molecule has 0 aliphatic carbocycles. The standard InChI is InChI=1S/C12H18F2O4/c1-5-6-9(18-10(15)8(2)3)11(16)17-7-12(4,13)14/h9H,2,5-7H2,1,3-4H3. The molecule has 0 aliphatic rings. The molecule has 0 saturated heterocycles. The maximum absolute atomic E-state index is 12.5. The number of ether oxygens (including phenoxy) is 2. The second-order valence-electron chi connectivity index (χ2n) is 4.14. The van der Waals surface area contributed by atoms with Gasteiger partial charge < -0.3 is 9.47 Å². The van der Waals surface area contributed by atoms with E-state index >= 15 is 0 Å². The van der Waals surface area contributed by atoms with E-state index in [1.54, 1.807) is 6.92 Å². The second-order valence-corrected chi connectivity index (χ2v) is 4.14. The van der Waals surface area contributed by atoms with Gasteiger partial charge in [0.2, 0.25) is 0 Å². The van der Waals surface area contributed by atoms with Crippen molar-refractivity contribution in [1.82, 2.24) is 0 Å². The van der Waals surface area contributed by atoms with Crippen LogP contribution in [-0.2, 0) is 19.1 Å². The Hall–Kier alpha value is -1.46. The monoisotopic (exact) mass is 264 g/mol. The molecule has 0 fully saturated rings. The number of carbonyl (C=O) groups excluding carboxylic acids is 2. The van der Waals surface area contributed by atoms with Crippen molar-refractivity contribution in [2.45, 2.75) is 45.6 Å². The minimum Gasteiger partial charge on any atom is -0.457 e. The van der Waals surface area contributed by atoms with Crippen LogP contribution in [0.2, 0.25) is 0 Å². The SMILES string of the molecule is C=C(C)C(=O)OC(CCC)C(=O)OCC(C)(F)F. The fraction of sp³-hybridized carbons (Fsp3) is 0.667. The first-order valence-electron chi connectivity index (χ1n) is 5.58. The van der Waals surface area contributed by atoms with E-state index in [4.69, 9.17) is 4.74 Å². The molecule has 0 aromatic heterocycles. The van der Waals surface area contributed by atoms with Gasteiger partial charge in [-0.25, -0.2) is 18.4 Å². The van der Waals surface area contributed by atoms with Crippen LogP contribution < -0.4 is 0 Å². The summed E-state index contributed by atoms with van der Waals surface area (Å²) in [6.45, 7) is 6.16. The second kappa shape index (κ2) is 7.08. The maximum Gasteiger partial charge on any atom is 0.347 e. The Morgan fingerprint density at radius 1 is 1.39 bits per heavy atom. The molecule has 0 aromatic carbocycles. The first-order valence-corrected chi connectivity index (χ1v) is 5.58. The van der Waals surface area contributed by atoms with Gasteiger partial charge in [0.25, 0.3) is 5.92 Å². The van der Waals surface area contributed by atoms with Crippen LogP contribution in [-0.4, -0.2) is 30.6 Å². The Kier molecular flexibility index (Phi) is 6.51. The summed E-state index contributed by atoms with van der Waals surface area (Å²) in [5.74, 6) is -4.81.